The third-order valence-electron chi connectivity index (χ3n) is 4.78. The lowest BCUT2D eigenvalue weighted by molar-refractivity contribution is -0.133. The lowest BCUT2D eigenvalue weighted by Crippen LogP contribution is -2.51. The van der Waals surface area contributed by atoms with Crippen LogP contribution in [-0.2, 0) is 4.79 Å². The van der Waals surface area contributed by atoms with Crippen LogP contribution in [0.25, 0.3) is 11.0 Å². The van der Waals surface area contributed by atoms with Crippen molar-refractivity contribution in [2.75, 3.05) is 26.2 Å². The number of carbonyl (C=O) groups is 2. The largest absolute Gasteiger partial charge is 0.343 e. The Hall–Kier alpha value is -2.97. The van der Waals surface area contributed by atoms with E-state index in [1.54, 1.807) is 29.2 Å². The van der Waals surface area contributed by atoms with Crippen LogP contribution in [0.5, 0.6) is 0 Å². The van der Waals surface area contributed by atoms with E-state index < -0.39 is 0 Å². The van der Waals surface area contributed by atoms with Gasteiger partial charge in [-0.2, -0.15) is 15.4 Å². The topological polar surface area (TPSA) is 103 Å². The van der Waals surface area contributed by atoms with Crippen molar-refractivity contribution in [3.05, 3.63) is 58.6 Å². The maximum absolute atomic E-state index is 12.8. The zero-order valence-corrected chi connectivity index (χ0v) is 15.7. The number of aromatic amines is 1. The van der Waals surface area contributed by atoms with Crippen LogP contribution in [-0.4, -0.2) is 58.3 Å². The summed E-state index contributed by atoms with van der Waals surface area (Å²) in [5, 5.41) is 17.1. The van der Waals surface area contributed by atoms with Gasteiger partial charge >= 0.3 is 0 Å². The number of amides is 2. The minimum absolute atomic E-state index is 0.0766. The average Bonchev–Trinajstić information content (AvgIpc) is 3.19. The van der Waals surface area contributed by atoms with E-state index in [1.807, 2.05) is 18.2 Å². The molecule has 3 aromatic rings. The van der Waals surface area contributed by atoms with E-state index >= 15 is 0 Å². The summed E-state index contributed by atoms with van der Waals surface area (Å²) in [5.74, 6) is -0.463. The molecule has 2 heterocycles. The monoisotopic (exact) mass is 398 g/mol. The van der Waals surface area contributed by atoms with Gasteiger partial charge in [0.25, 0.3) is 5.91 Å². The van der Waals surface area contributed by atoms with Crippen molar-refractivity contribution < 1.29 is 9.59 Å². The number of fused-ring (bicyclic) bond motifs is 1. The molecule has 0 saturated carbocycles. The second kappa shape index (κ2) is 7.95. The van der Waals surface area contributed by atoms with Crippen LogP contribution < -0.4 is 10.6 Å². The van der Waals surface area contributed by atoms with Crippen molar-refractivity contribution in [1.82, 2.24) is 30.9 Å². The lowest BCUT2D eigenvalue weighted by Gasteiger charge is -2.36. The molecule has 2 aromatic carbocycles. The molecular weight excluding hydrogens is 380 g/mol. The van der Waals surface area contributed by atoms with Crippen LogP contribution in [0.2, 0.25) is 5.02 Å². The molecule has 3 N–H and O–H groups in total. The van der Waals surface area contributed by atoms with Gasteiger partial charge in [0, 0.05) is 30.2 Å². The lowest BCUT2D eigenvalue weighted by atomic mass is 10.0. The number of aromatic nitrogens is 3. The normalized spacial score (nSPS) is 16.9. The first kappa shape index (κ1) is 18.4. The standard InChI is InChI=1S/C19H19ClN6O2/c20-14-3-1-2-12(8-14)17-10-21-6-7-26(17)18(27)11-22-19(28)13-4-5-15-16(9-13)24-25-23-15/h1-5,8-9,17,21H,6-7,10-11H2,(H,22,28)(H,23,24,25). The van der Waals surface area contributed by atoms with Crippen LogP contribution in [0.1, 0.15) is 22.0 Å². The molecule has 28 heavy (non-hydrogen) atoms. The maximum atomic E-state index is 12.8. The molecule has 0 aliphatic carbocycles. The predicted octanol–water partition coefficient (Wildman–Crippen LogP) is 1.51. The second-order valence-electron chi connectivity index (χ2n) is 6.57. The molecule has 1 saturated heterocycles. The highest BCUT2D eigenvalue weighted by atomic mass is 35.5. The first-order valence-electron chi connectivity index (χ1n) is 8.96. The van der Waals surface area contributed by atoms with Gasteiger partial charge in [-0.05, 0) is 35.9 Å². The number of carbonyl (C=O) groups excluding carboxylic acids is 2. The minimum Gasteiger partial charge on any atom is -0.343 e. The smallest absolute Gasteiger partial charge is 0.251 e. The molecule has 8 nitrogen and oxygen atoms in total. The number of piperazine rings is 1. The molecule has 1 aliphatic heterocycles. The molecule has 4 rings (SSSR count). The van der Waals surface area contributed by atoms with Gasteiger partial charge in [0.05, 0.1) is 12.6 Å². The van der Waals surface area contributed by atoms with Gasteiger partial charge in [0.15, 0.2) is 0 Å². The van der Waals surface area contributed by atoms with Gasteiger partial charge < -0.3 is 15.5 Å². The number of nitrogens with zero attached hydrogens (tertiary/aromatic N) is 3. The summed E-state index contributed by atoms with van der Waals surface area (Å²) in [5.41, 5.74) is 2.68. The van der Waals surface area contributed by atoms with Crippen LogP contribution in [0.3, 0.4) is 0 Å². The Morgan fingerprint density at radius 1 is 1.18 bits per heavy atom. The summed E-state index contributed by atoms with van der Waals surface area (Å²) < 4.78 is 0. The van der Waals surface area contributed by atoms with E-state index in [0.29, 0.717) is 41.3 Å². The summed E-state index contributed by atoms with van der Waals surface area (Å²) in [7, 11) is 0. The molecule has 9 heteroatoms. The molecule has 0 radical (unpaired) electrons. The number of hydrogen-bond acceptors (Lipinski definition) is 5. The molecule has 1 aliphatic rings. The zero-order chi connectivity index (χ0) is 19.5. The molecule has 144 valence electrons. The molecule has 1 atom stereocenters. The van der Waals surface area contributed by atoms with E-state index in [9.17, 15) is 9.59 Å². The SMILES string of the molecule is O=C(NCC(=O)N1CCNCC1c1cccc(Cl)c1)c1ccc2n[nH]nc2c1. The van der Waals surface area contributed by atoms with Gasteiger partial charge in [-0.3, -0.25) is 9.59 Å². The second-order valence-corrected chi connectivity index (χ2v) is 7.01. The average molecular weight is 399 g/mol. The Kier molecular flexibility index (Phi) is 5.23. The van der Waals surface area contributed by atoms with Gasteiger partial charge in [-0.1, -0.05) is 23.7 Å². The van der Waals surface area contributed by atoms with Gasteiger partial charge in [-0.15, -0.1) is 0 Å². The molecule has 0 bridgehead atoms. The number of nitrogens with one attached hydrogen (secondary N) is 3. The molecule has 0 spiro atoms. The highest BCUT2D eigenvalue weighted by Crippen LogP contribution is 2.24. The molecular formula is C19H19ClN6O2. The van der Waals surface area contributed by atoms with Crippen molar-refractivity contribution in [1.29, 1.82) is 0 Å². The summed E-state index contributed by atoms with van der Waals surface area (Å²) in [4.78, 5) is 27.0. The minimum atomic E-state index is -0.326. The van der Waals surface area contributed by atoms with E-state index in [-0.39, 0.29) is 24.4 Å². The Balaban J connectivity index is 1.43. The zero-order valence-electron chi connectivity index (χ0n) is 15.0. The van der Waals surface area contributed by atoms with Gasteiger partial charge in [0.2, 0.25) is 5.91 Å². The highest BCUT2D eigenvalue weighted by molar-refractivity contribution is 6.30. The summed E-state index contributed by atoms with van der Waals surface area (Å²) in [6.07, 6.45) is 0. The number of benzene rings is 2. The molecule has 2 amide bonds. The fraction of sp³-hybridized carbons (Fsp3) is 0.263. The van der Waals surface area contributed by atoms with E-state index in [0.717, 1.165) is 5.56 Å². The highest BCUT2D eigenvalue weighted by Gasteiger charge is 2.28. The first-order chi connectivity index (χ1) is 13.6. The van der Waals surface area contributed by atoms with Crippen molar-refractivity contribution in [3.63, 3.8) is 0 Å². The number of hydrogen-bond donors (Lipinski definition) is 3. The van der Waals surface area contributed by atoms with Crippen molar-refractivity contribution in [2.45, 2.75) is 6.04 Å². The van der Waals surface area contributed by atoms with E-state index in [2.05, 4.69) is 26.0 Å². The maximum Gasteiger partial charge on any atom is 0.251 e. The Labute approximate surface area is 166 Å². The van der Waals surface area contributed by atoms with E-state index in [1.165, 1.54) is 0 Å². The van der Waals surface area contributed by atoms with Crippen molar-refractivity contribution in [3.8, 4) is 0 Å². The van der Waals surface area contributed by atoms with Gasteiger partial charge in [0.1, 0.15) is 11.0 Å². The van der Waals surface area contributed by atoms with Crippen LogP contribution in [0, 0.1) is 0 Å². The van der Waals surface area contributed by atoms with Gasteiger partial charge in [-0.25, -0.2) is 0 Å². The first-order valence-corrected chi connectivity index (χ1v) is 9.34. The summed E-state index contributed by atoms with van der Waals surface area (Å²) in [6, 6.07) is 12.4. The van der Waals surface area contributed by atoms with Crippen LogP contribution >= 0.6 is 11.6 Å². The third-order valence-corrected chi connectivity index (χ3v) is 5.01. The fourth-order valence-electron chi connectivity index (χ4n) is 3.36. The Bertz CT molecular complexity index is 1020. The van der Waals surface area contributed by atoms with Crippen LogP contribution in [0.15, 0.2) is 42.5 Å². The van der Waals surface area contributed by atoms with Crippen LogP contribution in [0.4, 0.5) is 0 Å². The Morgan fingerprint density at radius 3 is 2.89 bits per heavy atom. The number of H-pyrrole nitrogens is 1. The van der Waals surface area contributed by atoms with Crippen molar-refractivity contribution in [2.24, 2.45) is 0 Å². The van der Waals surface area contributed by atoms with Crippen molar-refractivity contribution >= 4 is 34.4 Å². The number of rotatable bonds is 4. The molecule has 1 fully saturated rings. The number of halogens is 1. The predicted molar refractivity (Wildman–Crippen MR) is 105 cm³/mol. The summed E-state index contributed by atoms with van der Waals surface area (Å²) >= 11 is 6.10. The fourth-order valence-corrected chi connectivity index (χ4v) is 3.55. The van der Waals surface area contributed by atoms with E-state index in [4.69, 9.17) is 11.6 Å². The molecule has 1 aromatic heterocycles. The quantitative estimate of drug-likeness (QED) is 0.618. The summed E-state index contributed by atoms with van der Waals surface area (Å²) in [6.45, 7) is 1.84. The third kappa shape index (κ3) is 3.83. The molecule has 1 unspecified atom stereocenters. The Morgan fingerprint density at radius 2 is 2.04 bits per heavy atom.